The second kappa shape index (κ2) is 10.6. The van der Waals surface area contributed by atoms with Crippen LogP contribution in [0.15, 0.2) is 0 Å². The van der Waals surface area contributed by atoms with Gasteiger partial charge in [0.15, 0.2) is 0 Å². The van der Waals surface area contributed by atoms with Crippen molar-refractivity contribution in [1.29, 1.82) is 0 Å². The average Bonchev–Trinajstić information content (AvgIpc) is 0.918. The van der Waals surface area contributed by atoms with Crippen LogP contribution in [0.5, 0.6) is 0 Å². The van der Waals surface area contributed by atoms with E-state index in [1.54, 1.807) is 0 Å². The summed E-state index contributed by atoms with van der Waals surface area (Å²) < 4.78 is 15.5. The first-order valence-corrected chi connectivity index (χ1v) is 1.25. The summed E-state index contributed by atoms with van der Waals surface area (Å²) in [7, 11) is 0. The van der Waals surface area contributed by atoms with Crippen molar-refractivity contribution >= 4 is 0 Å². The first-order valence-electron chi connectivity index (χ1n) is 0.302. The van der Waals surface area contributed by atoms with Gasteiger partial charge in [0.05, 0.1) is 0 Å². The monoisotopic (exact) mass is 107 g/mol. The summed E-state index contributed by atoms with van der Waals surface area (Å²) in [5, 5.41) is 0. The third-order valence-electron chi connectivity index (χ3n) is 0. The Balaban J connectivity index is 0. The van der Waals surface area contributed by atoms with Gasteiger partial charge in [-0.1, -0.05) is 0 Å². The molecule has 0 aliphatic carbocycles. The number of hydrogen-bond donors (Lipinski definition) is 1. The van der Waals surface area contributed by atoms with Crippen LogP contribution < -0.4 is 0 Å². The van der Waals surface area contributed by atoms with E-state index in [1.165, 1.54) is 0 Å². The molecule has 0 spiro atoms. The molecule has 0 amide bonds. The van der Waals surface area contributed by atoms with Crippen molar-refractivity contribution in [2.45, 2.75) is 0 Å². The predicted octanol–water partition coefficient (Wildman–Crippen LogP) is -1.50. The van der Waals surface area contributed by atoms with E-state index in [2.05, 4.69) is 0 Å². The van der Waals surface area contributed by atoms with Crippen LogP contribution in [-0.4, -0.2) is 9.67 Å². The molecular weight excluding hydrogens is 104 g/mol. The molecule has 29 valence electrons. The minimum atomic E-state index is -1.00. The van der Waals surface area contributed by atoms with Crippen molar-refractivity contribution in [2.75, 3.05) is 0 Å². The standard InChI is InChI=1S/Fe.2H2O.O/h;2*1H2;/q+1;;;/p-1. The van der Waals surface area contributed by atoms with E-state index in [0.717, 1.165) is 0 Å². The van der Waals surface area contributed by atoms with Gasteiger partial charge >= 0.3 is 23.2 Å². The average molecular weight is 107 g/mol. The van der Waals surface area contributed by atoms with Crippen LogP contribution in [0, 0.1) is 0 Å². The van der Waals surface area contributed by atoms with E-state index in [9.17, 15) is 0 Å². The molecule has 0 aromatic rings. The minimum absolute atomic E-state index is 0. The van der Waals surface area contributed by atoms with Gasteiger partial charge in [-0.05, 0) is 0 Å². The van der Waals surface area contributed by atoms with Gasteiger partial charge in [0.1, 0.15) is 0 Å². The molecule has 0 radical (unpaired) electrons. The van der Waals surface area contributed by atoms with Crippen molar-refractivity contribution in [3.63, 3.8) is 0 Å². The molecular formula is H3FeO3. The van der Waals surface area contributed by atoms with Crippen LogP contribution in [-0.2, 0) is 19.1 Å². The van der Waals surface area contributed by atoms with Crippen molar-refractivity contribution < 1.29 is 28.7 Å². The molecule has 0 fully saturated rings. The van der Waals surface area contributed by atoms with Gasteiger partial charge in [-0.3, -0.25) is 0 Å². The van der Waals surface area contributed by atoms with Crippen LogP contribution in [0.25, 0.3) is 0 Å². The molecule has 0 bridgehead atoms. The number of rotatable bonds is 0. The molecule has 0 aliphatic rings. The Labute approximate surface area is 29.6 Å². The predicted molar refractivity (Wildman–Crippen MR) is 6.52 cm³/mol. The summed E-state index contributed by atoms with van der Waals surface area (Å²) >= 11 is -1.00. The van der Waals surface area contributed by atoms with E-state index >= 15 is 0 Å². The quantitative estimate of drug-likeness (QED) is 0.382. The van der Waals surface area contributed by atoms with E-state index in [-0.39, 0.29) is 5.48 Å². The number of hydrogen-bond acceptors (Lipinski definition) is 1. The Morgan fingerprint density at radius 2 is 1.75 bits per heavy atom. The van der Waals surface area contributed by atoms with E-state index in [4.69, 9.17) is 8.02 Å². The zero-order chi connectivity index (χ0) is 2.71. The topological polar surface area (TPSA) is 68.8 Å². The van der Waals surface area contributed by atoms with Crippen LogP contribution in [0.1, 0.15) is 0 Å². The summed E-state index contributed by atoms with van der Waals surface area (Å²) in [4.78, 5) is 0. The van der Waals surface area contributed by atoms with Crippen LogP contribution in [0.3, 0.4) is 0 Å². The Bertz CT molecular complexity index is 10.8. The van der Waals surface area contributed by atoms with E-state index < -0.39 is 15.2 Å². The van der Waals surface area contributed by atoms with Crippen LogP contribution in [0.4, 0.5) is 0 Å². The molecule has 0 saturated heterocycles. The van der Waals surface area contributed by atoms with Gasteiger partial charge < -0.3 is 5.48 Å². The molecule has 0 atom stereocenters. The molecule has 0 rings (SSSR count). The normalized spacial score (nSPS) is 4.25. The van der Waals surface area contributed by atoms with Gasteiger partial charge in [0.25, 0.3) is 0 Å². The van der Waals surface area contributed by atoms with Gasteiger partial charge in [-0.15, -0.1) is 0 Å². The molecule has 0 unspecified atom stereocenters. The second-order valence-corrected chi connectivity index (χ2v) is 0.266. The van der Waals surface area contributed by atoms with Gasteiger partial charge in [-0.25, -0.2) is 0 Å². The third kappa shape index (κ3) is 60.0. The van der Waals surface area contributed by atoms with Crippen molar-refractivity contribution in [3.05, 3.63) is 0 Å². The molecule has 3 nitrogen and oxygen atoms in total. The van der Waals surface area contributed by atoms with Gasteiger partial charge in [-0.2, -0.15) is 0 Å². The summed E-state index contributed by atoms with van der Waals surface area (Å²) in [6, 6.07) is 0. The molecule has 0 saturated carbocycles. The fourth-order valence-corrected chi connectivity index (χ4v) is 0. The Hall–Kier alpha value is 0.239. The maximum absolute atomic E-state index is 8.49. The van der Waals surface area contributed by atoms with E-state index in [1.807, 2.05) is 0 Å². The summed E-state index contributed by atoms with van der Waals surface area (Å²) in [6.45, 7) is 0. The first-order chi connectivity index (χ1) is 1.41. The molecule has 4 heavy (non-hydrogen) atoms. The van der Waals surface area contributed by atoms with Crippen molar-refractivity contribution in [1.82, 2.24) is 0 Å². The zero-order valence-corrected chi connectivity index (χ0v) is 2.81. The third-order valence-corrected chi connectivity index (χ3v) is 0. The van der Waals surface area contributed by atoms with Gasteiger partial charge in [0.2, 0.25) is 0 Å². The van der Waals surface area contributed by atoms with Gasteiger partial charge in [0, 0.05) is 0 Å². The second-order valence-electron chi connectivity index (χ2n) is 0.0645. The molecule has 0 aliphatic heterocycles. The molecule has 0 aromatic carbocycles. The van der Waals surface area contributed by atoms with Crippen LogP contribution in [0.2, 0.25) is 0 Å². The van der Waals surface area contributed by atoms with Crippen molar-refractivity contribution in [3.8, 4) is 0 Å². The first kappa shape index (κ1) is 8.87. The Kier molecular flexibility index (Phi) is 23.5. The van der Waals surface area contributed by atoms with Crippen LogP contribution >= 0.6 is 0 Å². The maximum atomic E-state index is 8.49. The summed E-state index contributed by atoms with van der Waals surface area (Å²) in [5.41, 5.74) is 0. The summed E-state index contributed by atoms with van der Waals surface area (Å²) in [5.74, 6) is 0. The summed E-state index contributed by atoms with van der Waals surface area (Å²) in [6.07, 6.45) is 0. The molecule has 0 heterocycles. The van der Waals surface area contributed by atoms with E-state index in [0.29, 0.717) is 0 Å². The Morgan fingerprint density at radius 3 is 1.75 bits per heavy atom. The fourth-order valence-electron chi connectivity index (χ4n) is 0. The molecule has 3 N–H and O–H groups in total. The van der Waals surface area contributed by atoms with Crippen molar-refractivity contribution in [2.24, 2.45) is 0 Å². The Morgan fingerprint density at radius 1 is 1.75 bits per heavy atom. The molecule has 4 heteroatoms. The SMILES string of the molecule is O.[O]=[Fe][OH]. The molecule has 0 aromatic heterocycles. The fraction of sp³-hybridized carbons (Fsp3) is 0. The zero-order valence-electron chi connectivity index (χ0n) is 1.71.